The van der Waals surface area contributed by atoms with Gasteiger partial charge in [0.1, 0.15) is 11.5 Å². The van der Waals surface area contributed by atoms with Crippen LogP contribution in [-0.2, 0) is 30.9 Å². The van der Waals surface area contributed by atoms with Crippen LogP contribution in [0.5, 0.6) is 11.5 Å². The molecule has 1 fully saturated rings. The summed E-state index contributed by atoms with van der Waals surface area (Å²) in [5, 5.41) is 6.76. The van der Waals surface area contributed by atoms with Crippen LogP contribution >= 0.6 is 0 Å². The van der Waals surface area contributed by atoms with Crippen LogP contribution in [0, 0.1) is 0 Å². The Labute approximate surface area is 245 Å². The lowest BCUT2D eigenvalue weighted by atomic mass is 10.2. The summed E-state index contributed by atoms with van der Waals surface area (Å²) in [6.07, 6.45) is 3.45. The topological polar surface area (TPSA) is 136 Å². The predicted molar refractivity (Wildman–Crippen MR) is 157 cm³/mol. The normalized spacial score (nSPS) is 15.0. The number of sulfonamides is 1. The Kier molecular flexibility index (Phi) is 11.0. The van der Waals surface area contributed by atoms with E-state index in [1.165, 1.54) is 25.5 Å². The van der Waals surface area contributed by atoms with Crippen LogP contribution in [0.15, 0.2) is 88.9 Å². The summed E-state index contributed by atoms with van der Waals surface area (Å²) in [5.41, 5.74) is 3.79. The summed E-state index contributed by atoms with van der Waals surface area (Å²) in [5.74, 6) is 0.192. The van der Waals surface area contributed by atoms with E-state index in [4.69, 9.17) is 14.2 Å². The first-order valence-electron chi connectivity index (χ1n) is 13.4. The van der Waals surface area contributed by atoms with Crippen LogP contribution in [0.3, 0.4) is 0 Å². The third-order valence-electron chi connectivity index (χ3n) is 6.42. The number of methoxy groups -OCH3 is 1. The quantitative estimate of drug-likeness (QED) is 0.216. The summed E-state index contributed by atoms with van der Waals surface area (Å²) < 4.78 is 44.0. The highest BCUT2D eigenvalue weighted by Gasteiger charge is 2.27. The number of amides is 2. The van der Waals surface area contributed by atoms with Crippen LogP contribution in [0.1, 0.15) is 24.0 Å². The number of hydrogen-bond acceptors (Lipinski definition) is 8. The van der Waals surface area contributed by atoms with Crippen molar-refractivity contribution in [3.05, 3.63) is 90.0 Å². The summed E-state index contributed by atoms with van der Waals surface area (Å²) >= 11 is 0. The molecule has 0 spiro atoms. The third-order valence-corrected chi connectivity index (χ3v) is 8.23. The molecule has 0 aliphatic carbocycles. The maximum Gasteiger partial charge on any atom is 0.258 e. The van der Waals surface area contributed by atoms with E-state index in [2.05, 4.69) is 15.8 Å². The Hall–Kier alpha value is -4.26. The molecule has 3 aromatic carbocycles. The first kappa shape index (κ1) is 30.7. The van der Waals surface area contributed by atoms with Gasteiger partial charge in [-0.05, 0) is 72.5 Å². The molecular weight excluding hydrogens is 560 g/mol. The van der Waals surface area contributed by atoms with Crippen LogP contribution < -0.4 is 20.2 Å². The van der Waals surface area contributed by atoms with Gasteiger partial charge >= 0.3 is 0 Å². The smallest absolute Gasteiger partial charge is 0.258 e. The number of benzene rings is 3. The Morgan fingerprint density at radius 1 is 1.00 bits per heavy atom. The summed E-state index contributed by atoms with van der Waals surface area (Å²) in [7, 11) is -2.51. The standard InChI is InChI=1S/C30H34N4O7S/c1-39-25-13-15-28(16-14-25)42(37,38)34(20-24-6-3-2-4-7-24)21-29(35)33-32-18-23-9-11-26(12-10-23)41-22-30(36)31-19-27-8-5-17-40-27/h2-4,6-7,9-16,18,27H,5,8,17,19-22H2,1H3,(H,31,36)(H,33,35)/b32-18+/t27-/m0/s1. The highest BCUT2D eigenvalue weighted by Crippen LogP contribution is 2.21. The van der Waals surface area contributed by atoms with Gasteiger partial charge < -0.3 is 19.5 Å². The average molecular weight is 595 g/mol. The molecule has 2 N–H and O–H groups in total. The van der Waals surface area contributed by atoms with Gasteiger partial charge in [-0.2, -0.15) is 9.41 Å². The van der Waals surface area contributed by atoms with E-state index in [0.717, 1.165) is 29.3 Å². The lowest BCUT2D eigenvalue weighted by Gasteiger charge is -2.21. The predicted octanol–water partition coefficient (Wildman–Crippen LogP) is 2.71. The largest absolute Gasteiger partial charge is 0.497 e. The molecule has 0 saturated carbocycles. The molecule has 12 heteroatoms. The number of carbonyl (C=O) groups is 2. The van der Waals surface area contributed by atoms with Gasteiger partial charge in [0.15, 0.2) is 6.61 Å². The zero-order chi connectivity index (χ0) is 29.8. The Morgan fingerprint density at radius 2 is 1.71 bits per heavy atom. The fourth-order valence-corrected chi connectivity index (χ4v) is 5.55. The number of nitrogens with zero attached hydrogens (tertiary/aromatic N) is 2. The van der Waals surface area contributed by atoms with E-state index in [-0.39, 0.29) is 30.1 Å². The molecule has 1 aliphatic rings. The molecule has 1 saturated heterocycles. The Bertz CT molecular complexity index is 1440. The zero-order valence-corrected chi connectivity index (χ0v) is 24.1. The molecular formula is C30H34N4O7S. The average Bonchev–Trinajstić information content (AvgIpc) is 3.54. The molecule has 2 amide bonds. The first-order chi connectivity index (χ1) is 20.3. The van der Waals surface area contributed by atoms with Crippen molar-refractivity contribution in [3.8, 4) is 11.5 Å². The van der Waals surface area contributed by atoms with Gasteiger partial charge in [-0.15, -0.1) is 0 Å². The fraction of sp³-hybridized carbons (Fsp3) is 0.300. The summed E-state index contributed by atoms with van der Waals surface area (Å²) in [6, 6.07) is 21.8. The second-order valence-electron chi connectivity index (χ2n) is 9.52. The van der Waals surface area contributed by atoms with Crippen molar-refractivity contribution in [2.75, 3.05) is 33.4 Å². The lowest BCUT2D eigenvalue weighted by molar-refractivity contribution is -0.123. The number of nitrogens with one attached hydrogen (secondary N) is 2. The van der Waals surface area contributed by atoms with Crippen molar-refractivity contribution >= 4 is 28.1 Å². The molecule has 0 bridgehead atoms. The minimum atomic E-state index is -4.00. The molecule has 1 atom stereocenters. The minimum Gasteiger partial charge on any atom is -0.497 e. The van der Waals surface area contributed by atoms with Crippen molar-refractivity contribution in [1.82, 2.24) is 15.0 Å². The number of rotatable bonds is 14. The number of carbonyl (C=O) groups excluding carboxylic acids is 2. The number of hydrogen-bond donors (Lipinski definition) is 2. The fourth-order valence-electron chi connectivity index (χ4n) is 4.17. The van der Waals surface area contributed by atoms with Gasteiger partial charge in [0, 0.05) is 19.7 Å². The molecule has 11 nitrogen and oxygen atoms in total. The molecule has 1 heterocycles. The van der Waals surface area contributed by atoms with Crippen LogP contribution in [0.25, 0.3) is 0 Å². The highest BCUT2D eigenvalue weighted by atomic mass is 32.2. The maximum absolute atomic E-state index is 13.4. The molecule has 3 aromatic rings. The number of hydrazone groups is 1. The van der Waals surface area contributed by atoms with Gasteiger partial charge in [0.2, 0.25) is 10.0 Å². The minimum absolute atomic E-state index is 0.000179. The van der Waals surface area contributed by atoms with Gasteiger partial charge in [0.05, 0.1) is 30.9 Å². The number of ether oxygens (including phenoxy) is 3. The van der Waals surface area contributed by atoms with Crippen LogP contribution in [-0.4, -0.2) is 70.3 Å². The van der Waals surface area contributed by atoms with Gasteiger partial charge in [-0.3, -0.25) is 9.59 Å². The second kappa shape index (κ2) is 15.1. The molecule has 4 rings (SSSR count). The molecule has 0 radical (unpaired) electrons. The van der Waals surface area contributed by atoms with Crippen molar-refractivity contribution < 1.29 is 32.2 Å². The monoisotopic (exact) mass is 594 g/mol. The Balaban J connectivity index is 1.30. The SMILES string of the molecule is COc1ccc(S(=O)(=O)N(CC(=O)N/N=C/c2ccc(OCC(=O)NC[C@@H]3CCCO3)cc2)Cc2ccccc2)cc1. The van der Waals surface area contributed by atoms with E-state index >= 15 is 0 Å². The van der Waals surface area contributed by atoms with Crippen LogP contribution in [0.4, 0.5) is 0 Å². The van der Waals surface area contributed by atoms with Crippen molar-refractivity contribution in [1.29, 1.82) is 0 Å². The summed E-state index contributed by atoms with van der Waals surface area (Å²) in [6.45, 7) is 0.647. The third kappa shape index (κ3) is 9.13. The zero-order valence-electron chi connectivity index (χ0n) is 23.3. The van der Waals surface area contributed by atoms with Crippen molar-refractivity contribution in [3.63, 3.8) is 0 Å². The van der Waals surface area contributed by atoms with Crippen LogP contribution in [0.2, 0.25) is 0 Å². The molecule has 42 heavy (non-hydrogen) atoms. The Morgan fingerprint density at radius 3 is 2.38 bits per heavy atom. The maximum atomic E-state index is 13.4. The second-order valence-corrected chi connectivity index (χ2v) is 11.5. The van der Waals surface area contributed by atoms with Gasteiger partial charge in [-0.25, -0.2) is 13.8 Å². The van der Waals surface area contributed by atoms with Gasteiger partial charge in [-0.1, -0.05) is 30.3 Å². The van der Waals surface area contributed by atoms with Gasteiger partial charge in [0.25, 0.3) is 11.8 Å². The molecule has 222 valence electrons. The summed E-state index contributed by atoms with van der Waals surface area (Å²) in [4.78, 5) is 24.8. The highest BCUT2D eigenvalue weighted by molar-refractivity contribution is 7.89. The van der Waals surface area contributed by atoms with E-state index in [9.17, 15) is 18.0 Å². The molecule has 0 aromatic heterocycles. The lowest BCUT2D eigenvalue weighted by Crippen LogP contribution is -2.39. The van der Waals surface area contributed by atoms with E-state index < -0.39 is 22.5 Å². The van der Waals surface area contributed by atoms with Crippen molar-refractivity contribution in [2.45, 2.75) is 30.4 Å². The first-order valence-corrected chi connectivity index (χ1v) is 14.9. The molecule has 1 aliphatic heterocycles. The van der Waals surface area contributed by atoms with E-state index in [1.807, 2.05) is 6.07 Å². The van der Waals surface area contributed by atoms with Crippen molar-refractivity contribution in [2.24, 2.45) is 5.10 Å². The van der Waals surface area contributed by atoms with E-state index in [0.29, 0.717) is 23.6 Å². The van der Waals surface area contributed by atoms with E-state index in [1.54, 1.807) is 60.7 Å². The molecule has 0 unspecified atom stereocenters.